The molecule has 0 spiro atoms. The summed E-state index contributed by atoms with van der Waals surface area (Å²) in [5.41, 5.74) is 0.421. The highest BCUT2D eigenvalue weighted by Crippen LogP contribution is 2.14. The SMILES string of the molecule is O=C(NCc1nc(-c2ccco2)n[nH]1)c1ccc(Cl)nc1. The number of hydrogen-bond donors (Lipinski definition) is 2. The van der Waals surface area contributed by atoms with Crippen LogP contribution in [0.4, 0.5) is 0 Å². The second-order valence-corrected chi connectivity index (χ2v) is 4.52. The maximum Gasteiger partial charge on any atom is 0.253 e. The van der Waals surface area contributed by atoms with Gasteiger partial charge in [0.05, 0.1) is 18.4 Å². The lowest BCUT2D eigenvalue weighted by Gasteiger charge is -2.02. The average Bonchev–Trinajstić information content (AvgIpc) is 3.16. The Labute approximate surface area is 124 Å². The van der Waals surface area contributed by atoms with Crippen LogP contribution < -0.4 is 5.32 Å². The monoisotopic (exact) mass is 303 g/mol. The van der Waals surface area contributed by atoms with Gasteiger partial charge in [-0.25, -0.2) is 9.97 Å². The van der Waals surface area contributed by atoms with E-state index in [4.69, 9.17) is 16.0 Å². The number of H-pyrrole nitrogens is 1. The Balaban J connectivity index is 1.62. The first-order valence-corrected chi connectivity index (χ1v) is 6.45. The van der Waals surface area contributed by atoms with Gasteiger partial charge in [-0.2, -0.15) is 0 Å². The Morgan fingerprint density at radius 1 is 1.38 bits per heavy atom. The summed E-state index contributed by atoms with van der Waals surface area (Å²) in [7, 11) is 0. The van der Waals surface area contributed by atoms with E-state index in [2.05, 4.69) is 25.5 Å². The van der Waals surface area contributed by atoms with E-state index in [1.165, 1.54) is 6.20 Å². The first-order valence-electron chi connectivity index (χ1n) is 6.07. The van der Waals surface area contributed by atoms with Crippen LogP contribution in [-0.4, -0.2) is 26.1 Å². The van der Waals surface area contributed by atoms with Gasteiger partial charge in [-0.3, -0.25) is 9.89 Å². The molecule has 0 aromatic carbocycles. The average molecular weight is 304 g/mol. The molecule has 0 atom stereocenters. The molecular weight excluding hydrogens is 294 g/mol. The van der Waals surface area contributed by atoms with Gasteiger partial charge in [-0.05, 0) is 24.3 Å². The molecule has 0 aliphatic carbocycles. The minimum atomic E-state index is -0.268. The van der Waals surface area contributed by atoms with E-state index in [9.17, 15) is 4.79 Å². The molecule has 0 unspecified atom stereocenters. The molecule has 3 aromatic rings. The van der Waals surface area contributed by atoms with Gasteiger partial charge in [0, 0.05) is 6.20 Å². The van der Waals surface area contributed by atoms with Gasteiger partial charge in [0.1, 0.15) is 11.0 Å². The zero-order valence-electron chi connectivity index (χ0n) is 10.7. The number of hydrogen-bond acceptors (Lipinski definition) is 5. The lowest BCUT2D eigenvalue weighted by molar-refractivity contribution is 0.0949. The number of furan rings is 1. The molecule has 8 heteroatoms. The minimum absolute atomic E-state index is 0.217. The van der Waals surface area contributed by atoms with Crippen molar-refractivity contribution in [3.63, 3.8) is 0 Å². The molecule has 3 rings (SSSR count). The van der Waals surface area contributed by atoms with Gasteiger partial charge in [0.25, 0.3) is 5.91 Å². The van der Waals surface area contributed by atoms with Gasteiger partial charge >= 0.3 is 0 Å². The third kappa shape index (κ3) is 3.09. The molecule has 7 nitrogen and oxygen atoms in total. The normalized spacial score (nSPS) is 10.5. The molecule has 106 valence electrons. The maximum atomic E-state index is 11.9. The van der Waals surface area contributed by atoms with Crippen LogP contribution in [0.2, 0.25) is 5.15 Å². The van der Waals surface area contributed by atoms with Crippen LogP contribution in [0.3, 0.4) is 0 Å². The largest absolute Gasteiger partial charge is 0.461 e. The molecule has 3 heterocycles. The highest BCUT2D eigenvalue weighted by Gasteiger charge is 2.10. The smallest absolute Gasteiger partial charge is 0.253 e. The van der Waals surface area contributed by atoms with Crippen LogP contribution in [0.25, 0.3) is 11.6 Å². The van der Waals surface area contributed by atoms with E-state index >= 15 is 0 Å². The maximum absolute atomic E-state index is 11.9. The summed E-state index contributed by atoms with van der Waals surface area (Å²) in [6.45, 7) is 0.217. The van der Waals surface area contributed by atoms with Gasteiger partial charge in [0.2, 0.25) is 5.82 Å². The summed E-state index contributed by atoms with van der Waals surface area (Å²) in [5.74, 6) is 1.26. The van der Waals surface area contributed by atoms with E-state index in [1.54, 1.807) is 30.5 Å². The predicted molar refractivity (Wildman–Crippen MR) is 74.5 cm³/mol. The van der Waals surface area contributed by atoms with Crippen LogP contribution in [0.1, 0.15) is 16.2 Å². The number of aromatic amines is 1. The highest BCUT2D eigenvalue weighted by molar-refractivity contribution is 6.29. The number of amides is 1. The number of nitrogens with zero attached hydrogens (tertiary/aromatic N) is 3. The molecular formula is C13H10ClN5O2. The Morgan fingerprint density at radius 2 is 2.29 bits per heavy atom. The summed E-state index contributed by atoms with van der Waals surface area (Å²) in [6.07, 6.45) is 2.95. The van der Waals surface area contributed by atoms with Crippen molar-refractivity contribution in [2.24, 2.45) is 0 Å². The Morgan fingerprint density at radius 3 is 3.00 bits per heavy atom. The number of rotatable bonds is 4. The van der Waals surface area contributed by atoms with E-state index in [0.717, 1.165) is 0 Å². The van der Waals surface area contributed by atoms with Crippen LogP contribution in [0.5, 0.6) is 0 Å². The van der Waals surface area contributed by atoms with Crippen LogP contribution in [0.15, 0.2) is 41.1 Å². The van der Waals surface area contributed by atoms with Crippen molar-refractivity contribution in [2.45, 2.75) is 6.54 Å². The van der Waals surface area contributed by atoms with Crippen molar-refractivity contribution in [2.75, 3.05) is 0 Å². The van der Waals surface area contributed by atoms with E-state index in [1.807, 2.05) is 0 Å². The Kier molecular flexibility index (Phi) is 3.65. The third-order valence-electron chi connectivity index (χ3n) is 2.68. The van der Waals surface area contributed by atoms with Crippen LogP contribution in [0, 0.1) is 0 Å². The summed E-state index contributed by atoms with van der Waals surface area (Å²) in [5, 5.41) is 9.79. The van der Waals surface area contributed by atoms with E-state index in [0.29, 0.717) is 28.1 Å². The first-order chi connectivity index (χ1) is 10.2. The first kappa shape index (κ1) is 13.3. The zero-order valence-corrected chi connectivity index (χ0v) is 11.5. The molecule has 0 aliphatic rings. The molecule has 3 aromatic heterocycles. The highest BCUT2D eigenvalue weighted by atomic mass is 35.5. The van der Waals surface area contributed by atoms with Gasteiger partial charge in [0.15, 0.2) is 5.76 Å². The topological polar surface area (TPSA) is 96.7 Å². The molecule has 0 bridgehead atoms. The second-order valence-electron chi connectivity index (χ2n) is 4.14. The number of pyridine rings is 1. The van der Waals surface area contributed by atoms with Gasteiger partial charge < -0.3 is 9.73 Å². The molecule has 1 amide bonds. The van der Waals surface area contributed by atoms with Crippen molar-refractivity contribution in [3.05, 3.63) is 53.3 Å². The quantitative estimate of drug-likeness (QED) is 0.719. The minimum Gasteiger partial charge on any atom is -0.461 e. The fourth-order valence-corrected chi connectivity index (χ4v) is 1.78. The molecule has 0 saturated heterocycles. The van der Waals surface area contributed by atoms with Crippen LogP contribution in [-0.2, 0) is 6.54 Å². The molecule has 0 fully saturated rings. The number of carbonyl (C=O) groups is 1. The molecule has 21 heavy (non-hydrogen) atoms. The number of aromatic nitrogens is 4. The summed E-state index contributed by atoms with van der Waals surface area (Å²) in [4.78, 5) is 20.0. The van der Waals surface area contributed by atoms with Crippen molar-refractivity contribution in [3.8, 4) is 11.6 Å². The summed E-state index contributed by atoms with van der Waals surface area (Å²) in [6, 6.07) is 6.66. The van der Waals surface area contributed by atoms with Crippen molar-refractivity contribution in [1.29, 1.82) is 0 Å². The lowest BCUT2D eigenvalue weighted by atomic mass is 10.3. The standard InChI is InChI=1S/C13H10ClN5O2/c14-10-4-3-8(6-15-10)13(20)16-7-11-17-12(19-18-11)9-2-1-5-21-9/h1-6H,7H2,(H,16,20)(H,17,18,19). The van der Waals surface area contributed by atoms with E-state index in [-0.39, 0.29) is 12.5 Å². The van der Waals surface area contributed by atoms with Gasteiger partial charge in [-0.1, -0.05) is 11.6 Å². The number of halogens is 1. The summed E-state index contributed by atoms with van der Waals surface area (Å²) < 4.78 is 5.19. The molecule has 0 radical (unpaired) electrons. The number of carbonyl (C=O) groups excluding carboxylic acids is 1. The van der Waals surface area contributed by atoms with Crippen molar-refractivity contribution >= 4 is 17.5 Å². The van der Waals surface area contributed by atoms with Crippen LogP contribution >= 0.6 is 11.6 Å². The molecule has 0 aliphatic heterocycles. The summed E-state index contributed by atoms with van der Waals surface area (Å²) >= 11 is 5.67. The molecule has 2 N–H and O–H groups in total. The zero-order chi connectivity index (χ0) is 14.7. The van der Waals surface area contributed by atoms with Crippen molar-refractivity contribution < 1.29 is 9.21 Å². The number of nitrogens with one attached hydrogen (secondary N) is 2. The fourth-order valence-electron chi connectivity index (χ4n) is 1.67. The molecule has 0 saturated carbocycles. The Bertz CT molecular complexity index is 736. The van der Waals surface area contributed by atoms with Gasteiger partial charge in [-0.15, -0.1) is 5.10 Å². The Hall–Kier alpha value is -2.67. The van der Waals surface area contributed by atoms with E-state index < -0.39 is 0 Å². The second kappa shape index (κ2) is 5.76. The lowest BCUT2D eigenvalue weighted by Crippen LogP contribution is -2.23. The third-order valence-corrected chi connectivity index (χ3v) is 2.90. The fraction of sp³-hybridized carbons (Fsp3) is 0.0769. The van der Waals surface area contributed by atoms with Crippen molar-refractivity contribution in [1.82, 2.24) is 25.5 Å². The predicted octanol–water partition coefficient (Wildman–Crippen LogP) is 2.04.